The van der Waals surface area contributed by atoms with Crippen LogP contribution in [0, 0.1) is 0 Å². The van der Waals surface area contributed by atoms with Crippen LogP contribution in [0.15, 0.2) is 36.4 Å². The predicted octanol–water partition coefficient (Wildman–Crippen LogP) is 7.34. The van der Waals surface area contributed by atoms with Gasteiger partial charge in [-0.25, -0.2) is 19.6 Å². The van der Waals surface area contributed by atoms with Crippen LogP contribution < -0.4 is 5.32 Å². The zero-order chi connectivity index (χ0) is 32.1. The molecule has 10 heteroatoms. The van der Waals surface area contributed by atoms with E-state index < -0.39 is 23.3 Å². The van der Waals surface area contributed by atoms with Crippen molar-refractivity contribution in [2.24, 2.45) is 0 Å². The summed E-state index contributed by atoms with van der Waals surface area (Å²) in [6, 6.07) is 12.9. The third-order valence-electron chi connectivity index (χ3n) is 9.83. The van der Waals surface area contributed by atoms with E-state index in [1.165, 1.54) is 21.6 Å². The molecule has 2 fully saturated rings. The molecule has 7 rings (SSSR count). The number of fused-ring (bicyclic) bond motifs is 4. The van der Waals surface area contributed by atoms with Gasteiger partial charge in [0.05, 0.1) is 22.8 Å². The number of amides is 2. The van der Waals surface area contributed by atoms with Gasteiger partial charge in [0.25, 0.3) is 0 Å². The third-order valence-corrected chi connectivity index (χ3v) is 9.83. The fourth-order valence-corrected chi connectivity index (χ4v) is 7.57. The summed E-state index contributed by atoms with van der Waals surface area (Å²) in [5.41, 5.74) is 7.83. The van der Waals surface area contributed by atoms with Crippen LogP contribution >= 0.6 is 0 Å². The zero-order valence-corrected chi connectivity index (χ0v) is 27.0. The Morgan fingerprint density at radius 2 is 1.76 bits per heavy atom. The Kier molecular flexibility index (Phi) is 7.77. The van der Waals surface area contributed by atoms with Crippen molar-refractivity contribution in [3.63, 3.8) is 0 Å². The molecule has 2 aromatic carbocycles. The summed E-state index contributed by atoms with van der Waals surface area (Å²) < 4.78 is 5.62. The standard InChI is InChI=1S/C36H44N6O4/c1-35(2,3)46-33(43)41-36(17-5-4-6-18-36)32-38-26-15-12-23(21-28(26)39-32)10-9-22-11-14-25-24(20-22)13-16-27-30(25)40-31(37-27)29-8-7-19-42(29)34(44)45/h11-12,14-15,20-21,29H,4-10,13,16-19H2,1-3H3,(H,37,40)(H,38,39)(H,41,43)(H,44,45). The highest BCUT2D eigenvalue weighted by Crippen LogP contribution is 2.38. The van der Waals surface area contributed by atoms with E-state index in [4.69, 9.17) is 14.7 Å². The monoisotopic (exact) mass is 624 g/mol. The minimum absolute atomic E-state index is 0.191. The molecule has 46 heavy (non-hydrogen) atoms. The number of aromatic nitrogens is 4. The number of ether oxygens (including phenoxy) is 1. The maximum Gasteiger partial charge on any atom is 0.408 e. The van der Waals surface area contributed by atoms with Gasteiger partial charge in [-0.1, -0.05) is 43.5 Å². The molecule has 4 N–H and O–H groups in total. The lowest BCUT2D eigenvalue weighted by Gasteiger charge is -2.36. The van der Waals surface area contributed by atoms with Crippen molar-refractivity contribution in [2.45, 2.75) is 109 Å². The number of benzene rings is 2. The van der Waals surface area contributed by atoms with Crippen molar-refractivity contribution in [3.8, 4) is 11.3 Å². The molecule has 1 saturated heterocycles. The quantitative estimate of drug-likeness (QED) is 0.177. The summed E-state index contributed by atoms with van der Waals surface area (Å²) in [6.45, 7) is 6.20. The van der Waals surface area contributed by atoms with Gasteiger partial charge in [-0.15, -0.1) is 0 Å². The second-order valence-electron chi connectivity index (χ2n) is 14.3. The molecule has 2 aliphatic carbocycles. The zero-order valence-electron chi connectivity index (χ0n) is 27.0. The summed E-state index contributed by atoms with van der Waals surface area (Å²) >= 11 is 0. The topological polar surface area (TPSA) is 136 Å². The highest BCUT2D eigenvalue weighted by Gasteiger charge is 2.39. The Morgan fingerprint density at radius 1 is 1.00 bits per heavy atom. The van der Waals surface area contributed by atoms with Gasteiger partial charge in [0.15, 0.2) is 0 Å². The molecule has 1 unspecified atom stereocenters. The lowest BCUT2D eigenvalue weighted by atomic mass is 9.81. The number of nitrogens with zero attached hydrogens (tertiary/aromatic N) is 3. The number of aryl methyl sites for hydroxylation is 4. The van der Waals surface area contributed by atoms with Gasteiger partial charge >= 0.3 is 12.2 Å². The average molecular weight is 625 g/mol. The van der Waals surface area contributed by atoms with Crippen molar-refractivity contribution in [2.75, 3.05) is 6.54 Å². The Morgan fingerprint density at radius 3 is 2.52 bits per heavy atom. The number of imidazole rings is 2. The van der Waals surface area contributed by atoms with Crippen molar-refractivity contribution in [1.29, 1.82) is 0 Å². The molecule has 3 aliphatic rings. The van der Waals surface area contributed by atoms with Gasteiger partial charge < -0.3 is 25.1 Å². The van der Waals surface area contributed by atoms with Crippen LogP contribution in [0.2, 0.25) is 0 Å². The summed E-state index contributed by atoms with van der Waals surface area (Å²) in [7, 11) is 0. The Balaban J connectivity index is 1.06. The number of alkyl carbamates (subject to hydrolysis) is 1. The molecule has 10 nitrogen and oxygen atoms in total. The van der Waals surface area contributed by atoms with Gasteiger partial charge in [0.2, 0.25) is 0 Å². The van der Waals surface area contributed by atoms with Crippen molar-refractivity contribution in [3.05, 3.63) is 70.4 Å². The lowest BCUT2D eigenvalue weighted by Crippen LogP contribution is -2.49. The van der Waals surface area contributed by atoms with Crippen LogP contribution in [0.1, 0.15) is 106 Å². The maximum absolute atomic E-state index is 12.8. The van der Waals surface area contributed by atoms with Crippen LogP contribution in [-0.4, -0.2) is 54.3 Å². The first-order valence-corrected chi connectivity index (χ1v) is 16.8. The smallest absolute Gasteiger partial charge is 0.408 e. The van der Waals surface area contributed by atoms with E-state index in [1.54, 1.807) is 0 Å². The van der Waals surface area contributed by atoms with Gasteiger partial charge in [0.1, 0.15) is 22.8 Å². The third kappa shape index (κ3) is 5.97. The molecule has 2 amide bonds. The molecule has 2 aromatic heterocycles. The summed E-state index contributed by atoms with van der Waals surface area (Å²) in [4.78, 5) is 43.0. The number of carbonyl (C=O) groups is 2. The number of hydrogen-bond donors (Lipinski definition) is 4. The second-order valence-corrected chi connectivity index (χ2v) is 14.3. The number of nitrogens with one attached hydrogen (secondary N) is 3. The van der Waals surface area contributed by atoms with E-state index in [-0.39, 0.29) is 6.04 Å². The highest BCUT2D eigenvalue weighted by atomic mass is 16.6. The van der Waals surface area contributed by atoms with Gasteiger partial charge in [-0.05, 0) is 101 Å². The summed E-state index contributed by atoms with van der Waals surface area (Å²) in [6.07, 6.45) is 8.90. The van der Waals surface area contributed by atoms with Crippen molar-refractivity contribution in [1.82, 2.24) is 30.2 Å². The molecule has 1 saturated carbocycles. The number of hydrogen-bond acceptors (Lipinski definition) is 5. The fraction of sp³-hybridized carbons (Fsp3) is 0.500. The molecular formula is C36H44N6O4. The Bertz CT molecular complexity index is 1780. The first-order valence-electron chi connectivity index (χ1n) is 16.8. The molecule has 3 heterocycles. The number of carbonyl (C=O) groups excluding carboxylic acids is 1. The van der Waals surface area contributed by atoms with E-state index in [9.17, 15) is 14.7 Å². The average Bonchev–Trinajstić information content (AvgIpc) is 3.77. The van der Waals surface area contributed by atoms with Crippen LogP contribution in [-0.2, 0) is 36.0 Å². The summed E-state index contributed by atoms with van der Waals surface area (Å²) in [5, 5.41) is 12.8. The summed E-state index contributed by atoms with van der Waals surface area (Å²) in [5.74, 6) is 1.58. The fourth-order valence-electron chi connectivity index (χ4n) is 7.57. The van der Waals surface area contributed by atoms with Gasteiger partial charge in [-0.3, -0.25) is 4.90 Å². The first-order chi connectivity index (χ1) is 22.1. The molecule has 4 aromatic rings. The SMILES string of the molecule is CC(C)(C)OC(=O)NC1(c2nc3ccc(CCc4ccc5c(c4)CCc4[nH]c(C6CCCN6C(=O)O)nc4-5)cc3[nH]2)CCCCC1. The molecule has 1 atom stereocenters. The maximum atomic E-state index is 12.8. The molecule has 1 aliphatic heterocycles. The van der Waals surface area contributed by atoms with Crippen LogP contribution in [0.5, 0.6) is 0 Å². The molecule has 0 radical (unpaired) electrons. The largest absolute Gasteiger partial charge is 0.465 e. The Hall–Kier alpha value is -4.34. The number of likely N-dealkylation sites (tertiary alicyclic amines) is 1. The number of carboxylic acid groups (broad SMARTS) is 1. The first kappa shape index (κ1) is 30.3. The van der Waals surface area contributed by atoms with E-state index in [0.717, 1.165) is 110 Å². The number of H-pyrrole nitrogens is 2. The number of rotatable bonds is 6. The minimum atomic E-state index is -0.877. The predicted molar refractivity (Wildman–Crippen MR) is 176 cm³/mol. The van der Waals surface area contributed by atoms with Crippen LogP contribution in [0.4, 0.5) is 9.59 Å². The normalized spacial score (nSPS) is 19.1. The molecule has 242 valence electrons. The van der Waals surface area contributed by atoms with Crippen molar-refractivity contribution < 1.29 is 19.4 Å². The molecule has 0 bridgehead atoms. The van der Waals surface area contributed by atoms with E-state index in [0.29, 0.717) is 6.54 Å². The van der Waals surface area contributed by atoms with Crippen molar-refractivity contribution >= 4 is 23.2 Å². The van der Waals surface area contributed by atoms with Gasteiger partial charge in [-0.2, -0.15) is 0 Å². The van der Waals surface area contributed by atoms with E-state index in [2.05, 4.69) is 51.7 Å². The molecule has 0 spiro atoms. The number of aromatic amines is 2. The van der Waals surface area contributed by atoms with Crippen LogP contribution in [0.25, 0.3) is 22.3 Å². The molecular weight excluding hydrogens is 580 g/mol. The highest BCUT2D eigenvalue weighted by molar-refractivity contribution is 5.77. The van der Waals surface area contributed by atoms with E-state index in [1.807, 2.05) is 20.8 Å². The Labute approximate surface area is 269 Å². The minimum Gasteiger partial charge on any atom is -0.465 e. The van der Waals surface area contributed by atoms with E-state index >= 15 is 0 Å². The lowest BCUT2D eigenvalue weighted by molar-refractivity contribution is 0.0412. The second kappa shape index (κ2) is 11.8. The van der Waals surface area contributed by atoms with Crippen LogP contribution in [0.3, 0.4) is 0 Å². The van der Waals surface area contributed by atoms with Gasteiger partial charge in [0, 0.05) is 17.8 Å².